The number of rotatable bonds is 4. The molecule has 0 fully saturated rings. The van der Waals surface area contributed by atoms with Gasteiger partial charge < -0.3 is 0 Å². The maximum atomic E-state index is 11.8. The van der Waals surface area contributed by atoms with Crippen LogP contribution < -0.4 is 4.72 Å². The first-order valence-electron chi connectivity index (χ1n) is 5.14. The van der Waals surface area contributed by atoms with Gasteiger partial charge >= 0.3 is 0 Å². The molecule has 0 aromatic heterocycles. The summed E-state index contributed by atoms with van der Waals surface area (Å²) in [6.07, 6.45) is 0.523. The van der Waals surface area contributed by atoms with E-state index in [-0.39, 0.29) is 4.90 Å². The van der Waals surface area contributed by atoms with Gasteiger partial charge in [-0.3, -0.25) is 4.79 Å². The number of carbonyl (C=O) groups is 1. The van der Waals surface area contributed by atoms with Gasteiger partial charge in [0.25, 0.3) is 10.0 Å². The molecule has 0 aliphatic heterocycles. The van der Waals surface area contributed by atoms with E-state index in [4.69, 9.17) is 0 Å². The van der Waals surface area contributed by atoms with E-state index in [1.165, 1.54) is 12.1 Å². The third kappa shape index (κ3) is 3.81. The van der Waals surface area contributed by atoms with Crippen molar-refractivity contribution in [2.75, 3.05) is 0 Å². The Kier molecular flexibility index (Phi) is 4.70. The highest BCUT2D eigenvalue weighted by Gasteiger charge is 2.21. The summed E-state index contributed by atoms with van der Waals surface area (Å²) in [5.41, 5.74) is 0.960. The summed E-state index contributed by atoms with van der Waals surface area (Å²) in [5.74, 6) is -0.548. The first-order valence-corrected chi connectivity index (χ1v) is 7.54. The molecule has 0 saturated carbocycles. The minimum atomic E-state index is -3.76. The topological polar surface area (TPSA) is 63.2 Å². The summed E-state index contributed by atoms with van der Waals surface area (Å²) in [4.78, 5) is 11.1. The minimum Gasteiger partial charge on any atom is -0.273 e. The average molecular weight is 320 g/mol. The number of benzene rings is 1. The molecule has 0 saturated heterocycles. The van der Waals surface area contributed by atoms with Crippen LogP contribution in [0.25, 0.3) is 0 Å². The van der Waals surface area contributed by atoms with E-state index < -0.39 is 20.8 Å². The lowest BCUT2D eigenvalue weighted by Gasteiger charge is -2.09. The zero-order valence-corrected chi connectivity index (χ0v) is 12.0. The molecule has 1 rings (SSSR count). The van der Waals surface area contributed by atoms with Gasteiger partial charge in [-0.25, -0.2) is 13.1 Å². The molecule has 1 aromatic rings. The third-order valence-corrected chi connectivity index (χ3v) is 4.64. The molecule has 0 aliphatic carbocycles. The van der Waals surface area contributed by atoms with Crippen molar-refractivity contribution in [1.82, 2.24) is 4.72 Å². The van der Waals surface area contributed by atoms with Gasteiger partial charge in [-0.2, -0.15) is 0 Å². The molecule has 1 aromatic carbocycles. The van der Waals surface area contributed by atoms with E-state index in [1.54, 1.807) is 19.1 Å². The molecule has 0 radical (unpaired) electrons. The van der Waals surface area contributed by atoms with Crippen molar-refractivity contribution in [3.8, 4) is 0 Å². The fraction of sp³-hybridized carbons (Fsp3) is 0.364. The van der Waals surface area contributed by atoms with Gasteiger partial charge in [-0.15, -0.1) is 0 Å². The summed E-state index contributed by atoms with van der Waals surface area (Å²) in [6, 6.07) is 6.31. The lowest BCUT2D eigenvalue weighted by Crippen LogP contribution is -2.35. The first kappa shape index (κ1) is 14.2. The normalized spacial score (nSPS) is 13.1. The number of sulfonamides is 1. The predicted octanol–water partition coefficient (Wildman–Crippen LogP) is 1.97. The van der Waals surface area contributed by atoms with Crippen LogP contribution in [0.1, 0.15) is 18.9 Å². The standard InChI is InChI=1S/C11H14BrNO3S/c1-3-10(12)11(14)13-17(15,16)9-6-4-8(2)5-7-9/h4-7,10H,3H2,1-2H3,(H,13,14). The molecular weight excluding hydrogens is 306 g/mol. The van der Waals surface area contributed by atoms with Gasteiger partial charge in [-0.1, -0.05) is 40.5 Å². The van der Waals surface area contributed by atoms with Gasteiger partial charge in [0.05, 0.1) is 9.72 Å². The van der Waals surface area contributed by atoms with Crippen molar-refractivity contribution in [2.45, 2.75) is 30.0 Å². The molecule has 0 spiro atoms. The van der Waals surface area contributed by atoms with Crippen molar-refractivity contribution >= 4 is 31.9 Å². The van der Waals surface area contributed by atoms with Gasteiger partial charge in [0.1, 0.15) is 0 Å². The first-order chi connectivity index (χ1) is 7.86. The number of amides is 1. The highest BCUT2D eigenvalue weighted by molar-refractivity contribution is 9.10. The van der Waals surface area contributed by atoms with E-state index in [2.05, 4.69) is 15.9 Å². The molecular formula is C11H14BrNO3S. The van der Waals surface area contributed by atoms with E-state index in [1.807, 2.05) is 11.6 Å². The van der Waals surface area contributed by atoms with Crippen LogP contribution in [0.2, 0.25) is 0 Å². The van der Waals surface area contributed by atoms with Gasteiger partial charge in [0, 0.05) is 0 Å². The van der Waals surface area contributed by atoms with E-state index in [0.29, 0.717) is 6.42 Å². The maximum Gasteiger partial charge on any atom is 0.264 e. The summed E-state index contributed by atoms with van der Waals surface area (Å²) >= 11 is 3.10. The predicted molar refractivity (Wildman–Crippen MR) is 69.5 cm³/mol. The molecule has 17 heavy (non-hydrogen) atoms. The van der Waals surface area contributed by atoms with Crippen LogP contribution in [0.4, 0.5) is 0 Å². The van der Waals surface area contributed by atoms with Crippen LogP contribution in [-0.2, 0) is 14.8 Å². The van der Waals surface area contributed by atoms with Gasteiger partial charge in [0.2, 0.25) is 5.91 Å². The van der Waals surface area contributed by atoms with E-state index in [0.717, 1.165) is 5.56 Å². The van der Waals surface area contributed by atoms with Crippen molar-refractivity contribution < 1.29 is 13.2 Å². The van der Waals surface area contributed by atoms with Crippen molar-refractivity contribution in [3.63, 3.8) is 0 Å². The maximum absolute atomic E-state index is 11.8. The average Bonchev–Trinajstić information content (AvgIpc) is 2.27. The number of alkyl halides is 1. The highest BCUT2D eigenvalue weighted by Crippen LogP contribution is 2.11. The van der Waals surface area contributed by atoms with Crippen molar-refractivity contribution in [3.05, 3.63) is 29.8 Å². The molecule has 0 heterocycles. The highest BCUT2D eigenvalue weighted by atomic mass is 79.9. The minimum absolute atomic E-state index is 0.0900. The third-order valence-electron chi connectivity index (χ3n) is 2.21. The molecule has 1 unspecified atom stereocenters. The SMILES string of the molecule is CCC(Br)C(=O)NS(=O)(=O)c1ccc(C)cc1. The zero-order valence-electron chi connectivity index (χ0n) is 9.60. The van der Waals surface area contributed by atoms with Crippen LogP contribution in [0.15, 0.2) is 29.2 Å². The van der Waals surface area contributed by atoms with Crippen LogP contribution in [0, 0.1) is 6.92 Å². The largest absolute Gasteiger partial charge is 0.273 e. The number of aryl methyl sites for hydroxylation is 1. The Balaban J connectivity index is 2.89. The lowest BCUT2D eigenvalue weighted by molar-refractivity contribution is -0.118. The molecule has 0 aliphatic rings. The molecule has 4 nitrogen and oxygen atoms in total. The van der Waals surface area contributed by atoms with E-state index >= 15 is 0 Å². The number of hydrogen-bond donors (Lipinski definition) is 1. The smallest absolute Gasteiger partial charge is 0.264 e. The second-order valence-electron chi connectivity index (χ2n) is 3.66. The Labute approximate surface area is 110 Å². The van der Waals surface area contributed by atoms with Gasteiger partial charge in [0.15, 0.2) is 0 Å². The monoisotopic (exact) mass is 319 g/mol. The Morgan fingerprint density at radius 1 is 1.35 bits per heavy atom. The van der Waals surface area contributed by atoms with E-state index in [9.17, 15) is 13.2 Å². The molecule has 1 atom stereocenters. The lowest BCUT2D eigenvalue weighted by atomic mass is 10.2. The second kappa shape index (κ2) is 5.64. The number of hydrogen-bond acceptors (Lipinski definition) is 3. The zero-order chi connectivity index (χ0) is 13.1. The Morgan fingerprint density at radius 2 is 1.88 bits per heavy atom. The van der Waals surface area contributed by atoms with Crippen molar-refractivity contribution in [2.24, 2.45) is 0 Å². The Hall–Kier alpha value is -0.880. The molecule has 94 valence electrons. The van der Waals surface area contributed by atoms with Crippen molar-refractivity contribution in [1.29, 1.82) is 0 Å². The summed E-state index contributed by atoms with van der Waals surface area (Å²) in [5, 5.41) is 0. The molecule has 1 amide bonds. The quantitative estimate of drug-likeness (QED) is 0.863. The molecule has 6 heteroatoms. The number of halogens is 1. The fourth-order valence-electron chi connectivity index (χ4n) is 1.16. The van der Waals surface area contributed by atoms with Crippen LogP contribution in [-0.4, -0.2) is 19.2 Å². The summed E-state index contributed by atoms with van der Waals surface area (Å²) in [6.45, 7) is 3.65. The van der Waals surface area contributed by atoms with Crippen LogP contribution in [0.5, 0.6) is 0 Å². The summed E-state index contributed by atoms with van der Waals surface area (Å²) in [7, 11) is -3.76. The number of nitrogens with one attached hydrogen (secondary N) is 1. The Bertz CT molecular complexity index is 496. The Morgan fingerprint density at radius 3 is 2.35 bits per heavy atom. The second-order valence-corrected chi connectivity index (χ2v) is 6.45. The number of carbonyl (C=O) groups excluding carboxylic acids is 1. The fourth-order valence-corrected chi connectivity index (χ4v) is 2.44. The molecule has 0 bridgehead atoms. The van der Waals surface area contributed by atoms with Crippen LogP contribution >= 0.6 is 15.9 Å². The van der Waals surface area contributed by atoms with Gasteiger partial charge in [-0.05, 0) is 25.5 Å². The molecule has 1 N–H and O–H groups in total. The summed E-state index contributed by atoms with van der Waals surface area (Å²) < 4.78 is 25.7. The van der Waals surface area contributed by atoms with Crippen LogP contribution in [0.3, 0.4) is 0 Å².